The van der Waals surface area contributed by atoms with Gasteiger partial charge in [-0.2, -0.15) is 5.26 Å². The van der Waals surface area contributed by atoms with Gasteiger partial charge in [-0.3, -0.25) is 14.9 Å². The molecule has 0 radical (unpaired) electrons. The highest BCUT2D eigenvalue weighted by molar-refractivity contribution is 7.99. The van der Waals surface area contributed by atoms with Gasteiger partial charge in [0.2, 0.25) is 0 Å². The number of anilines is 1. The van der Waals surface area contributed by atoms with Crippen LogP contribution >= 0.6 is 23.1 Å². The number of hydrogen-bond donors (Lipinski definition) is 1. The first-order valence-electron chi connectivity index (χ1n) is 7.93. The van der Waals surface area contributed by atoms with Gasteiger partial charge in [-0.15, -0.1) is 21.5 Å². The van der Waals surface area contributed by atoms with E-state index in [1.165, 1.54) is 35.9 Å². The summed E-state index contributed by atoms with van der Waals surface area (Å²) in [5.74, 6) is -0.518. The highest BCUT2D eigenvalue weighted by Gasteiger charge is 2.21. The molecule has 0 aliphatic rings. The molecule has 0 bridgehead atoms. The van der Waals surface area contributed by atoms with Crippen molar-refractivity contribution in [2.75, 3.05) is 5.32 Å². The van der Waals surface area contributed by atoms with Crippen LogP contribution in [0.1, 0.15) is 26.4 Å². The van der Waals surface area contributed by atoms with E-state index >= 15 is 0 Å². The number of carbonyl (C=O) groups excluding carboxylic acids is 1. The van der Waals surface area contributed by atoms with Crippen LogP contribution in [0.25, 0.3) is 0 Å². The Balaban J connectivity index is 1.91. The van der Waals surface area contributed by atoms with Crippen LogP contribution in [0.3, 0.4) is 0 Å². The van der Waals surface area contributed by atoms with Gasteiger partial charge in [-0.1, -0.05) is 0 Å². The average Bonchev–Trinajstić information content (AvgIpc) is 3.17. The number of carbonyl (C=O) groups is 1. The fourth-order valence-corrected chi connectivity index (χ4v) is 4.23. The van der Waals surface area contributed by atoms with Crippen molar-refractivity contribution in [1.82, 2.24) is 14.8 Å². The number of rotatable bonds is 5. The molecule has 1 aromatic carbocycles. The maximum absolute atomic E-state index is 12.6. The Hall–Kier alpha value is -3.23. The summed E-state index contributed by atoms with van der Waals surface area (Å²) in [6, 6.07) is 6.30. The summed E-state index contributed by atoms with van der Waals surface area (Å²) >= 11 is 2.38. The van der Waals surface area contributed by atoms with E-state index in [-0.39, 0.29) is 11.3 Å². The Kier molecular flexibility index (Phi) is 5.43. The zero-order valence-electron chi connectivity index (χ0n) is 15.1. The summed E-state index contributed by atoms with van der Waals surface area (Å²) in [4.78, 5) is 24.8. The molecule has 2 heterocycles. The minimum atomic E-state index is -0.546. The molecule has 28 heavy (non-hydrogen) atoms. The standard InChI is InChI=1S/C17H14N6O3S2/c1-9-10(2)27-16(12(9)7-18)20-15(24)11-4-5-14(13(6-11)23(25)26)28-17-21-19-8-22(17)3/h4-6,8H,1-3H3,(H,20,24). The quantitative estimate of drug-likeness (QED) is 0.498. The number of nitrogens with one attached hydrogen (secondary N) is 1. The second-order valence-electron chi connectivity index (χ2n) is 5.82. The lowest BCUT2D eigenvalue weighted by molar-refractivity contribution is -0.387. The molecule has 0 saturated heterocycles. The number of nitro groups is 1. The highest BCUT2D eigenvalue weighted by atomic mass is 32.2. The van der Waals surface area contributed by atoms with Gasteiger partial charge in [0.1, 0.15) is 17.4 Å². The van der Waals surface area contributed by atoms with E-state index in [0.29, 0.717) is 20.6 Å². The molecule has 0 unspecified atom stereocenters. The Bertz CT molecular complexity index is 1130. The van der Waals surface area contributed by atoms with Crippen molar-refractivity contribution in [3.05, 3.63) is 56.2 Å². The molecule has 0 fully saturated rings. The minimum Gasteiger partial charge on any atom is -0.312 e. The number of thiophene rings is 1. The van der Waals surface area contributed by atoms with Gasteiger partial charge in [0.25, 0.3) is 11.6 Å². The van der Waals surface area contributed by atoms with Gasteiger partial charge in [0.15, 0.2) is 5.16 Å². The Morgan fingerprint density at radius 3 is 2.79 bits per heavy atom. The SMILES string of the molecule is Cc1sc(NC(=O)c2ccc(Sc3nncn3C)c([N+](=O)[O-])c2)c(C#N)c1C. The highest BCUT2D eigenvalue weighted by Crippen LogP contribution is 2.35. The van der Waals surface area contributed by atoms with Gasteiger partial charge in [-0.05, 0) is 43.3 Å². The van der Waals surface area contributed by atoms with Crippen LogP contribution in [0.2, 0.25) is 0 Å². The fourth-order valence-electron chi connectivity index (χ4n) is 2.38. The lowest BCUT2D eigenvalue weighted by Crippen LogP contribution is -2.12. The van der Waals surface area contributed by atoms with Crippen molar-refractivity contribution in [2.45, 2.75) is 23.9 Å². The van der Waals surface area contributed by atoms with E-state index in [0.717, 1.165) is 22.2 Å². The number of amides is 1. The van der Waals surface area contributed by atoms with Gasteiger partial charge in [0, 0.05) is 23.6 Å². The van der Waals surface area contributed by atoms with Crippen LogP contribution in [-0.2, 0) is 7.05 Å². The predicted molar refractivity (Wildman–Crippen MR) is 105 cm³/mol. The largest absolute Gasteiger partial charge is 0.312 e. The summed E-state index contributed by atoms with van der Waals surface area (Å²) in [7, 11) is 1.73. The summed E-state index contributed by atoms with van der Waals surface area (Å²) in [5.41, 5.74) is 1.13. The first-order valence-corrected chi connectivity index (χ1v) is 9.56. The van der Waals surface area contributed by atoms with Crippen LogP contribution in [0.4, 0.5) is 10.7 Å². The van der Waals surface area contributed by atoms with E-state index in [1.807, 2.05) is 13.8 Å². The molecule has 1 amide bonds. The van der Waals surface area contributed by atoms with Crippen LogP contribution < -0.4 is 5.32 Å². The number of benzene rings is 1. The summed E-state index contributed by atoms with van der Waals surface area (Å²) in [6.45, 7) is 3.67. The number of aromatic nitrogens is 3. The minimum absolute atomic E-state index is 0.126. The summed E-state index contributed by atoms with van der Waals surface area (Å²) in [6.07, 6.45) is 1.49. The molecule has 11 heteroatoms. The number of hydrogen-bond acceptors (Lipinski definition) is 8. The Labute approximate surface area is 168 Å². The van der Waals surface area contributed by atoms with Gasteiger partial charge in [-0.25, -0.2) is 0 Å². The van der Waals surface area contributed by atoms with E-state index in [9.17, 15) is 20.2 Å². The number of nitrogens with zero attached hydrogens (tertiary/aromatic N) is 5. The average molecular weight is 414 g/mol. The number of nitriles is 1. The van der Waals surface area contributed by atoms with Crippen molar-refractivity contribution < 1.29 is 9.72 Å². The molecule has 0 atom stereocenters. The van der Waals surface area contributed by atoms with Crippen LogP contribution in [0.5, 0.6) is 0 Å². The first-order chi connectivity index (χ1) is 13.3. The zero-order valence-corrected chi connectivity index (χ0v) is 16.7. The van der Waals surface area contributed by atoms with E-state index in [2.05, 4.69) is 21.6 Å². The maximum atomic E-state index is 12.6. The Morgan fingerprint density at radius 1 is 1.43 bits per heavy atom. The fraction of sp³-hybridized carbons (Fsp3) is 0.176. The smallest absolute Gasteiger partial charge is 0.284 e. The molecular weight excluding hydrogens is 400 g/mol. The molecule has 9 nitrogen and oxygen atoms in total. The monoisotopic (exact) mass is 414 g/mol. The third-order valence-corrected chi connectivity index (χ3v) is 6.25. The number of nitro benzene ring substituents is 1. The van der Waals surface area contributed by atoms with Crippen LogP contribution in [0.15, 0.2) is 34.6 Å². The predicted octanol–water partition coefficient (Wildman–Crippen LogP) is 3.68. The van der Waals surface area contributed by atoms with Gasteiger partial charge in [0.05, 0.1) is 15.4 Å². The van der Waals surface area contributed by atoms with Crippen molar-refractivity contribution >= 4 is 39.7 Å². The van der Waals surface area contributed by atoms with Crippen LogP contribution in [-0.4, -0.2) is 25.6 Å². The lowest BCUT2D eigenvalue weighted by Gasteiger charge is -2.06. The van der Waals surface area contributed by atoms with E-state index < -0.39 is 10.8 Å². The van der Waals surface area contributed by atoms with Crippen molar-refractivity contribution in [2.24, 2.45) is 7.05 Å². The third kappa shape index (κ3) is 3.73. The molecule has 0 spiro atoms. The Morgan fingerprint density at radius 2 is 2.18 bits per heavy atom. The van der Waals surface area contributed by atoms with Crippen molar-refractivity contribution in [3.8, 4) is 6.07 Å². The molecule has 3 rings (SSSR count). The van der Waals surface area contributed by atoms with E-state index in [1.54, 1.807) is 11.6 Å². The maximum Gasteiger partial charge on any atom is 0.284 e. The molecule has 3 aromatic rings. The van der Waals surface area contributed by atoms with Crippen molar-refractivity contribution in [1.29, 1.82) is 5.26 Å². The van der Waals surface area contributed by atoms with E-state index in [4.69, 9.17) is 0 Å². The van der Waals surface area contributed by atoms with Gasteiger partial charge >= 0.3 is 0 Å². The number of aryl methyl sites for hydroxylation is 2. The second kappa shape index (κ2) is 7.79. The third-order valence-electron chi connectivity index (χ3n) is 4.01. The topological polar surface area (TPSA) is 127 Å². The molecule has 2 aromatic heterocycles. The molecular formula is C17H14N6O3S2. The molecule has 1 N–H and O–H groups in total. The molecule has 0 saturated carbocycles. The molecule has 0 aliphatic carbocycles. The zero-order chi connectivity index (χ0) is 20.4. The van der Waals surface area contributed by atoms with Crippen molar-refractivity contribution in [3.63, 3.8) is 0 Å². The molecule has 0 aliphatic heterocycles. The summed E-state index contributed by atoms with van der Waals surface area (Å²) < 4.78 is 1.64. The first kappa shape index (κ1) is 19.5. The van der Waals surface area contributed by atoms with Crippen LogP contribution in [0, 0.1) is 35.3 Å². The normalized spacial score (nSPS) is 10.5. The molecule has 142 valence electrons. The summed E-state index contributed by atoms with van der Waals surface area (Å²) in [5, 5.41) is 32.0. The lowest BCUT2D eigenvalue weighted by atomic mass is 10.1. The second-order valence-corrected chi connectivity index (χ2v) is 8.05. The van der Waals surface area contributed by atoms with Gasteiger partial charge < -0.3 is 9.88 Å².